The molecule has 0 saturated carbocycles. The zero-order valence-corrected chi connectivity index (χ0v) is 8.93. The van der Waals surface area contributed by atoms with Gasteiger partial charge in [0.1, 0.15) is 11.6 Å². The molecule has 2 aromatic rings. The van der Waals surface area contributed by atoms with Gasteiger partial charge >= 0.3 is 0 Å². The van der Waals surface area contributed by atoms with Crippen LogP contribution in [0.2, 0.25) is 5.02 Å². The number of benzene rings is 2. The van der Waals surface area contributed by atoms with Gasteiger partial charge in [-0.05, 0) is 29.8 Å². The van der Waals surface area contributed by atoms with E-state index >= 15 is 0 Å². The van der Waals surface area contributed by atoms with Gasteiger partial charge in [-0.15, -0.1) is 0 Å². The minimum atomic E-state index is -0.636. The molecular weight excluding hydrogens is 232 g/mol. The molecule has 82 valence electrons. The molecule has 2 rings (SSSR count). The quantitative estimate of drug-likeness (QED) is 0.751. The first kappa shape index (κ1) is 10.9. The molecule has 0 aromatic heterocycles. The van der Waals surface area contributed by atoms with Gasteiger partial charge in [0.05, 0.1) is 5.02 Å². The Morgan fingerprint density at radius 1 is 0.938 bits per heavy atom. The molecule has 0 fully saturated rings. The SMILES string of the molecule is Nc1ccc(-c2cc(F)cc(F)c2)c(Cl)c1. The summed E-state index contributed by atoms with van der Waals surface area (Å²) in [5.74, 6) is -1.27. The molecule has 0 aliphatic carbocycles. The van der Waals surface area contributed by atoms with Crippen LogP contribution >= 0.6 is 11.6 Å². The molecule has 0 spiro atoms. The van der Waals surface area contributed by atoms with E-state index in [2.05, 4.69) is 0 Å². The van der Waals surface area contributed by atoms with Crippen LogP contribution in [0, 0.1) is 11.6 Å². The highest BCUT2D eigenvalue weighted by molar-refractivity contribution is 6.33. The van der Waals surface area contributed by atoms with E-state index in [1.54, 1.807) is 18.2 Å². The summed E-state index contributed by atoms with van der Waals surface area (Å²) in [5, 5.41) is 0.366. The van der Waals surface area contributed by atoms with Gasteiger partial charge in [0.25, 0.3) is 0 Å². The minimum absolute atomic E-state index is 0.366. The second-order valence-electron chi connectivity index (χ2n) is 3.40. The van der Waals surface area contributed by atoms with Gasteiger partial charge in [-0.2, -0.15) is 0 Å². The number of hydrogen-bond acceptors (Lipinski definition) is 1. The largest absolute Gasteiger partial charge is 0.399 e. The summed E-state index contributed by atoms with van der Waals surface area (Å²) in [6.07, 6.45) is 0. The lowest BCUT2D eigenvalue weighted by Gasteiger charge is -2.06. The van der Waals surface area contributed by atoms with E-state index in [0.29, 0.717) is 21.8 Å². The van der Waals surface area contributed by atoms with E-state index in [9.17, 15) is 8.78 Å². The summed E-state index contributed by atoms with van der Waals surface area (Å²) >= 11 is 5.94. The maximum Gasteiger partial charge on any atom is 0.126 e. The maximum atomic E-state index is 13.0. The van der Waals surface area contributed by atoms with Crippen LogP contribution in [0.1, 0.15) is 0 Å². The fourth-order valence-corrected chi connectivity index (χ4v) is 1.77. The van der Waals surface area contributed by atoms with E-state index in [-0.39, 0.29) is 0 Å². The van der Waals surface area contributed by atoms with Crippen molar-refractivity contribution >= 4 is 17.3 Å². The monoisotopic (exact) mass is 239 g/mol. The number of anilines is 1. The van der Waals surface area contributed by atoms with Crippen molar-refractivity contribution in [1.82, 2.24) is 0 Å². The molecule has 0 amide bonds. The highest BCUT2D eigenvalue weighted by atomic mass is 35.5. The van der Waals surface area contributed by atoms with E-state index in [0.717, 1.165) is 6.07 Å². The highest BCUT2D eigenvalue weighted by Gasteiger charge is 2.07. The average Bonchev–Trinajstić information content (AvgIpc) is 2.15. The van der Waals surface area contributed by atoms with Crippen molar-refractivity contribution < 1.29 is 8.78 Å². The molecule has 0 saturated heterocycles. The van der Waals surface area contributed by atoms with Crippen LogP contribution in [0.15, 0.2) is 36.4 Å². The first-order valence-electron chi connectivity index (χ1n) is 4.58. The number of halogens is 3. The summed E-state index contributed by atoms with van der Waals surface area (Å²) < 4.78 is 26.0. The first-order valence-corrected chi connectivity index (χ1v) is 4.95. The molecule has 0 atom stereocenters. The van der Waals surface area contributed by atoms with Crippen molar-refractivity contribution in [2.24, 2.45) is 0 Å². The average molecular weight is 240 g/mol. The second kappa shape index (κ2) is 4.10. The van der Waals surface area contributed by atoms with Crippen LogP contribution in [-0.2, 0) is 0 Å². The third kappa shape index (κ3) is 2.14. The van der Waals surface area contributed by atoms with Crippen molar-refractivity contribution in [2.45, 2.75) is 0 Å². The lowest BCUT2D eigenvalue weighted by Crippen LogP contribution is -1.88. The van der Waals surface area contributed by atoms with E-state index in [1.807, 2.05) is 0 Å². The Labute approximate surface area is 96.5 Å². The summed E-state index contributed by atoms with van der Waals surface area (Å²) in [4.78, 5) is 0. The van der Waals surface area contributed by atoms with Crippen LogP contribution in [0.4, 0.5) is 14.5 Å². The Morgan fingerprint density at radius 3 is 2.12 bits per heavy atom. The van der Waals surface area contributed by atoms with Gasteiger partial charge in [-0.1, -0.05) is 17.7 Å². The zero-order chi connectivity index (χ0) is 11.7. The van der Waals surface area contributed by atoms with E-state index in [1.165, 1.54) is 12.1 Å². The molecule has 2 aromatic carbocycles. The summed E-state index contributed by atoms with van der Waals surface area (Å²) in [6.45, 7) is 0. The third-order valence-corrected chi connectivity index (χ3v) is 2.48. The number of nitrogens with two attached hydrogens (primary N) is 1. The molecule has 4 heteroatoms. The minimum Gasteiger partial charge on any atom is -0.399 e. The summed E-state index contributed by atoms with van der Waals surface area (Å²) in [7, 11) is 0. The molecule has 0 unspecified atom stereocenters. The smallest absolute Gasteiger partial charge is 0.126 e. The Balaban J connectivity index is 2.58. The molecule has 0 bridgehead atoms. The lowest BCUT2D eigenvalue weighted by molar-refractivity contribution is 0.584. The van der Waals surface area contributed by atoms with Crippen molar-refractivity contribution in [3.63, 3.8) is 0 Å². The third-order valence-electron chi connectivity index (χ3n) is 2.17. The molecule has 2 N–H and O–H groups in total. The molecule has 0 aliphatic rings. The lowest BCUT2D eigenvalue weighted by atomic mass is 10.1. The molecule has 0 aliphatic heterocycles. The van der Waals surface area contributed by atoms with E-state index < -0.39 is 11.6 Å². The normalized spacial score (nSPS) is 10.4. The zero-order valence-electron chi connectivity index (χ0n) is 8.18. The van der Waals surface area contributed by atoms with Crippen LogP contribution in [0.5, 0.6) is 0 Å². The van der Waals surface area contributed by atoms with Gasteiger partial charge in [-0.3, -0.25) is 0 Å². The Kier molecular flexibility index (Phi) is 2.79. The number of rotatable bonds is 1. The van der Waals surface area contributed by atoms with Gasteiger partial charge in [-0.25, -0.2) is 8.78 Å². The fraction of sp³-hybridized carbons (Fsp3) is 0. The van der Waals surface area contributed by atoms with Crippen LogP contribution in [-0.4, -0.2) is 0 Å². The number of nitrogen functional groups attached to an aromatic ring is 1. The van der Waals surface area contributed by atoms with E-state index in [4.69, 9.17) is 17.3 Å². The van der Waals surface area contributed by atoms with Gasteiger partial charge in [0.15, 0.2) is 0 Å². The summed E-state index contributed by atoms with van der Waals surface area (Å²) in [5.41, 5.74) is 6.98. The standard InChI is InChI=1S/C12H8ClF2N/c13-12-6-10(16)1-2-11(12)7-3-8(14)5-9(15)4-7/h1-6H,16H2. The molecule has 16 heavy (non-hydrogen) atoms. The van der Waals surface area contributed by atoms with Crippen LogP contribution in [0.3, 0.4) is 0 Å². The molecular formula is C12H8ClF2N. The Bertz CT molecular complexity index is 520. The second-order valence-corrected chi connectivity index (χ2v) is 3.80. The molecule has 0 radical (unpaired) electrons. The first-order chi connectivity index (χ1) is 7.56. The topological polar surface area (TPSA) is 26.0 Å². The Hall–Kier alpha value is -1.61. The van der Waals surface area contributed by atoms with Crippen molar-refractivity contribution in [3.05, 3.63) is 53.1 Å². The van der Waals surface area contributed by atoms with Crippen molar-refractivity contribution in [1.29, 1.82) is 0 Å². The van der Waals surface area contributed by atoms with Gasteiger partial charge in [0.2, 0.25) is 0 Å². The fourth-order valence-electron chi connectivity index (χ4n) is 1.47. The van der Waals surface area contributed by atoms with Gasteiger partial charge in [0, 0.05) is 17.3 Å². The van der Waals surface area contributed by atoms with Gasteiger partial charge < -0.3 is 5.73 Å². The maximum absolute atomic E-state index is 13.0. The number of hydrogen-bond donors (Lipinski definition) is 1. The van der Waals surface area contributed by atoms with Crippen molar-refractivity contribution in [2.75, 3.05) is 5.73 Å². The predicted octanol–water partition coefficient (Wildman–Crippen LogP) is 3.87. The summed E-state index contributed by atoms with van der Waals surface area (Å²) in [6, 6.07) is 8.06. The van der Waals surface area contributed by atoms with Crippen molar-refractivity contribution in [3.8, 4) is 11.1 Å². The Morgan fingerprint density at radius 2 is 1.56 bits per heavy atom. The molecule has 0 heterocycles. The molecule has 1 nitrogen and oxygen atoms in total. The van der Waals surface area contributed by atoms with Crippen LogP contribution in [0.25, 0.3) is 11.1 Å². The predicted molar refractivity (Wildman–Crippen MR) is 61.2 cm³/mol. The highest BCUT2D eigenvalue weighted by Crippen LogP contribution is 2.30. The van der Waals surface area contributed by atoms with Crippen LogP contribution < -0.4 is 5.73 Å².